The molecular weight excluding hydrogens is 1330 g/mol. The number of pyridine rings is 1. The van der Waals surface area contributed by atoms with Gasteiger partial charge >= 0.3 is 0 Å². The van der Waals surface area contributed by atoms with Crippen LogP contribution in [0.5, 0.6) is 5.75 Å². The molecule has 6 aliphatic rings. The molecule has 7 amide bonds. The fourth-order valence-corrected chi connectivity index (χ4v) is 16.6. The molecule has 24 heteroatoms. The van der Waals surface area contributed by atoms with E-state index in [2.05, 4.69) is 48.6 Å². The van der Waals surface area contributed by atoms with Crippen molar-refractivity contribution in [3.63, 3.8) is 0 Å². The molecule has 12 rings (SSSR count). The highest BCUT2D eigenvalue weighted by atomic mass is 32.1. The molecule has 3 atom stereocenters. The monoisotopic (exact) mass is 1430 g/mol. The Labute approximate surface area is 607 Å². The third-order valence-corrected chi connectivity index (χ3v) is 23.1. The minimum atomic E-state index is -1.93. The number of nitrogens with one attached hydrogen (secondary N) is 5. The molecule has 103 heavy (non-hydrogen) atoms. The SMILES string of the molecule is CC(=O)N1CCC2(CC1)C(=O)N([C@H]1C[C@@H](N3CCC[C@@H](C(=O)NCCCCCCCCCOc4cc(-c5scnc5C)ccc4CNC(=O)[C@@H]4CCCN4C(=O)[C@@H](NC(=O)C4(F)CC4)C(C)(C)C)C3)C1)c1cc(-c3cc4ncn(C(C)C)c4c(Nc4cc(C(=O)NC(C)C)c(C)cc4F)n3)ccc12. The number of halogens is 2. The van der Waals surface area contributed by atoms with Gasteiger partial charge in [-0.05, 0) is 178 Å². The molecule has 2 saturated carbocycles. The van der Waals surface area contributed by atoms with E-state index in [4.69, 9.17) is 14.7 Å². The molecule has 552 valence electrons. The number of aromatic nitrogens is 4. The molecule has 1 spiro atoms. The van der Waals surface area contributed by atoms with E-state index < -0.39 is 40.3 Å². The van der Waals surface area contributed by atoms with Crippen molar-refractivity contribution in [1.82, 2.24) is 55.5 Å². The Bertz CT molecular complexity index is 4170. The lowest BCUT2D eigenvalue weighted by Gasteiger charge is -2.49. The molecule has 7 heterocycles. The summed E-state index contributed by atoms with van der Waals surface area (Å²) >= 11 is 1.56. The van der Waals surface area contributed by atoms with Crippen molar-refractivity contribution in [2.75, 3.05) is 56.1 Å². The lowest BCUT2D eigenvalue weighted by Crippen LogP contribution is -2.59. The van der Waals surface area contributed by atoms with E-state index in [1.165, 1.54) is 17.0 Å². The van der Waals surface area contributed by atoms with Crippen LogP contribution in [0.25, 0.3) is 32.7 Å². The van der Waals surface area contributed by atoms with Gasteiger partial charge in [-0.2, -0.15) is 0 Å². The summed E-state index contributed by atoms with van der Waals surface area (Å²) in [5.41, 5.74) is 6.51. The van der Waals surface area contributed by atoms with Crippen LogP contribution in [0.3, 0.4) is 0 Å². The zero-order valence-electron chi connectivity index (χ0n) is 61.6. The number of nitrogens with zero attached hydrogens (tertiary/aromatic N) is 8. The first-order valence-corrected chi connectivity index (χ1v) is 38.4. The molecule has 3 aromatic heterocycles. The molecule has 3 saturated heterocycles. The van der Waals surface area contributed by atoms with Gasteiger partial charge in [0.25, 0.3) is 11.8 Å². The lowest BCUT2D eigenvalue weighted by molar-refractivity contribution is -0.144. The van der Waals surface area contributed by atoms with E-state index in [9.17, 15) is 33.2 Å². The van der Waals surface area contributed by atoms with Crippen molar-refractivity contribution in [2.24, 2.45) is 11.3 Å². The standard InChI is InChI=1S/C79H103F2N13O8S/c1-47(2)86-72(97)58-41-62(60(80)36-49(58)5)88-70-67-63(84-45-93(67)48(3)4)42-61(87-70)52-24-25-59-65(37-52)94(76(101)78(59)28-33-90(34-29-78)51(7)95)57-39-56(40-57)91-31-18-20-55(44-91)71(96)82-30-16-14-12-11-13-15-17-35-102-66-38-53(68-50(6)85-46-103-68)22-23-54(66)43-83-73(98)64-21-19-32-92(64)74(99)69(77(8,9)10)89-75(100)79(81)26-27-79/h22-25,36-38,41-42,45-48,55-57,64,69H,11-21,26-35,39-40,43-44H2,1-10H3,(H,82,96)(H,83,98)(H,86,97)(H,87,88)(H,89,100)/t55-,56-,57+,64+,69-/m1/s1. The van der Waals surface area contributed by atoms with E-state index in [1.807, 2.05) is 106 Å². The minimum absolute atomic E-state index is 0.00404. The van der Waals surface area contributed by atoms with Gasteiger partial charge in [0.05, 0.1) is 57.2 Å². The number of alkyl halides is 1. The van der Waals surface area contributed by atoms with Crippen LogP contribution in [0.15, 0.2) is 66.4 Å². The second-order valence-electron chi connectivity index (χ2n) is 31.3. The third-order valence-electron chi connectivity index (χ3n) is 22.1. The van der Waals surface area contributed by atoms with Crippen molar-refractivity contribution in [3.05, 3.63) is 100 Å². The number of thiazole rings is 1. The number of fused-ring (bicyclic) bond motifs is 3. The first-order valence-electron chi connectivity index (χ1n) is 37.5. The number of hydrogen-bond acceptors (Lipinski definition) is 14. The van der Waals surface area contributed by atoms with Crippen LogP contribution in [0.1, 0.15) is 203 Å². The Hall–Kier alpha value is -8.38. The van der Waals surface area contributed by atoms with Crippen LogP contribution >= 0.6 is 11.3 Å². The predicted octanol–water partition coefficient (Wildman–Crippen LogP) is 12.5. The van der Waals surface area contributed by atoms with Gasteiger partial charge < -0.3 is 50.6 Å². The van der Waals surface area contributed by atoms with Crippen molar-refractivity contribution in [3.8, 4) is 27.4 Å². The second-order valence-corrected chi connectivity index (χ2v) is 32.2. The number of likely N-dealkylation sites (tertiary alicyclic amines) is 3. The molecule has 4 aliphatic heterocycles. The number of hydrogen-bond donors (Lipinski definition) is 5. The number of anilines is 3. The highest BCUT2D eigenvalue weighted by Gasteiger charge is 2.57. The average molecular weight is 1430 g/mol. The predicted molar refractivity (Wildman–Crippen MR) is 396 cm³/mol. The van der Waals surface area contributed by atoms with Crippen molar-refractivity contribution in [2.45, 2.75) is 232 Å². The maximum absolute atomic E-state index is 16.0. The quantitative estimate of drug-likeness (QED) is 0.0302. The largest absolute Gasteiger partial charge is 0.493 e. The summed E-state index contributed by atoms with van der Waals surface area (Å²) in [6.45, 7) is 22.8. The highest BCUT2D eigenvalue weighted by molar-refractivity contribution is 7.13. The van der Waals surface area contributed by atoms with E-state index in [0.717, 1.165) is 116 Å². The number of carbonyl (C=O) groups is 7. The smallest absolute Gasteiger partial charge is 0.258 e. The first kappa shape index (κ1) is 74.3. The van der Waals surface area contributed by atoms with E-state index in [-0.39, 0.29) is 90.6 Å². The zero-order valence-corrected chi connectivity index (χ0v) is 62.4. The molecule has 6 aromatic rings. The highest BCUT2D eigenvalue weighted by Crippen LogP contribution is 2.53. The van der Waals surface area contributed by atoms with Crippen LogP contribution in [-0.2, 0) is 40.7 Å². The maximum Gasteiger partial charge on any atom is 0.258 e. The van der Waals surface area contributed by atoms with E-state index >= 15 is 9.18 Å². The summed E-state index contributed by atoms with van der Waals surface area (Å²) in [6.07, 6.45) is 14.4. The number of rotatable bonds is 27. The van der Waals surface area contributed by atoms with Crippen LogP contribution in [0.4, 0.5) is 26.0 Å². The molecule has 3 aromatic carbocycles. The van der Waals surface area contributed by atoms with Gasteiger partial charge in [0, 0.05) is 92.7 Å². The first-order chi connectivity index (χ1) is 49.2. The Kier molecular flexibility index (Phi) is 22.5. The Balaban J connectivity index is 0.615. The summed E-state index contributed by atoms with van der Waals surface area (Å²) in [7, 11) is 0. The molecular formula is C79H103F2N13O8S. The van der Waals surface area contributed by atoms with Crippen molar-refractivity contribution < 1.29 is 47.1 Å². The molecule has 5 fully saturated rings. The summed E-state index contributed by atoms with van der Waals surface area (Å²) in [4.78, 5) is 119. The summed E-state index contributed by atoms with van der Waals surface area (Å²) in [6, 6.07) is 15.2. The maximum atomic E-state index is 16.0. The van der Waals surface area contributed by atoms with Gasteiger partial charge in [-0.1, -0.05) is 77.1 Å². The number of amides is 7. The Morgan fingerprint density at radius 1 is 0.786 bits per heavy atom. The summed E-state index contributed by atoms with van der Waals surface area (Å²) in [5, 5.41) is 15.2. The molecule has 5 N–H and O–H groups in total. The number of unbranched alkanes of at least 4 members (excludes halogenated alkanes) is 6. The van der Waals surface area contributed by atoms with Crippen LogP contribution < -0.4 is 36.2 Å². The number of imidazole rings is 1. The number of carbonyl (C=O) groups excluding carboxylic acids is 7. The topological polar surface area (TPSA) is 245 Å². The van der Waals surface area contributed by atoms with E-state index in [1.54, 1.807) is 31.5 Å². The minimum Gasteiger partial charge on any atom is -0.493 e. The van der Waals surface area contributed by atoms with Gasteiger partial charge in [-0.3, -0.25) is 38.5 Å². The van der Waals surface area contributed by atoms with Gasteiger partial charge in [0.2, 0.25) is 29.5 Å². The normalized spacial score (nSPS) is 20.3. The van der Waals surface area contributed by atoms with Gasteiger partial charge in [-0.25, -0.2) is 23.7 Å². The number of ether oxygens (including phenoxy) is 1. The Morgan fingerprint density at radius 2 is 1.50 bits per heavy atom. The number of piperidine rings is 2. The second kappa shape index (κ2) is 31.1. The van der Waals surface area contributed by atoms with Gasteiger partial charge in [-0.15, -0.1) is 11.3 Å². The number of aryl methyl sites for hydroxylation is 2. The molecule has 0 bridgehead atoms. The fraction of sp³-hybridized carbons (Fsp3) is 0.570. The average Bonchev–Trinajstić information content (AvgIpc) is 1.56. The van der Waals surface area contributed by atoms with Crippen LogP contribution in [0.2, 0.25) is 0 Å². The van der Waals surface area contributed by atoms with Gasteiger partial charge in [0.1, 0.15) is 29.2 Å². The zero-order chi connectivity index (χ0) is 73.2. The molecule has 0 unspecified atom stereocenters. The van der Waals surface area contributed by atoms with Crippen molar-refractivity contribution in [1.29, 1.82) is 0 Å². The summed E-state index contributed by atoms with van der Waals surface area (Å²) in [5.74, 6) is -1.19. The van der Waals surface area contributed by atoms with Crippen LogP contribution in [-0.4, -0.2) is 157 Å². The molecule has 21 nitrogen and oxygen atoms in total. The lowest BCUT2D eigenvalue weighted by atomic mass is 9.73. The molecule has 2 aliphatic carbocycles. The van der Waals surface area contributed by atoms with Gasteiger partial charge in [0.15, 0.2) is 11.5 Å². The Morgan fingerprint density at radius 3 is 2.19 bits per heavy atom. The third kappa shape index (κ3) is 16.1. The summed E-state index contributed by atoms with van der Waals surface area (Å²) < 4.78 is 39.2. The van der Waals surface area contributed by atoms with Crippen LogP contribution in [0, 0.1) is 31.0 Å². The number of benzene rings is 3. The fourth-order valence-electron chi connectivity index (χ4n) is 15.8. The van der Waals surface area contributed by atoms with E-state index in [0.29, 0.717) is 104 Å². The molecule has 0 radical (unpaired) electrons. The van der Waals surface area contributed by atoms with Crippen molar-refractivity contribution >= 4 is 80.9 Å².